The Morgan fingerprint density at radius 2 is 0.848 bits per heavy atom. The van der Waals surface area contributed by atoms with Crippen molar-refractivity contribution in [1.29, 1.82) is 0 Å². The van der Waals surface area contributed by atoms with Crippen LogP contribution in [0, 0.1) is 5.41 Å². The van der Waals surface area contributed by atoms with Gasteiger partial charge in [0, 0.05) is 18.2 Å². The quantitative estimate of drug-likeness (QED) is 0.161. The van der Waals surface area contributed by atoms with E-state index in [1.165, 1.54) is 0 Å². The van der Waals surface area contributed by atoms with E-state index in [2.05, 4.69) is 33.9 Å². The number of carbonyl (C=O) groups is 6. The fourth-order valence-corrected chi connectivity index (χ4v) is 1.65. The zero-order valence-corrected chi connectivity index (χ0v) is 17.6. The number of rotatable bonds is 16. The minimum absolute atomic E-state index is 0.645. The lowest BCUT2D eigenvalue weighted by Crippen LogP contribution is -2.43. The highest BCUT2D eigenvalue weighted by molar-refractivity contribution is 5.84. The minimum Gasteiger partial charge on any atom is -0.462 e. The van der Waals surface area contributed by atoms with Crippen molar-refractivity contribution in [3.05, 3.63) is 38.0 Å². The Morgan fingerprint density at radius 1 is 0.576 bits per heavy atom. The molecule has 0 aliphatic heterocycles. The second-order valence-corrected chi connectivity index (χ2v) is 6.08. The average molecular weight is 472 g/mol. The van der Waals surface area contributed by atoms with E-state index in [0.717, 1.165) is 18.2 Å². The maximum absolute atomic E-state index is 11.8. The lowest BCUT2D eigenvalue weighted by atomic mass is 9.92. The van der Waals surface area contributed by atoms with E-state index < -0.39 is 87.5 Å². The summed E-state index contributed by atoms with van der Waals surface area (Å²) < 4.78 is 28.2. The minimum atomic E-state index is -1.66. The summed E-state index contributed by atoms with van der Waals surface area (Å²) in [6.07, 6.45) is 2.47. The van der Waals surface area contributed by atoms with Crippen molar-refractivity contribution < 1.29 is 62.3 Å². The first kappa shape index (κ1) is 29.0. The van der Waals surface area contributed by atoms with Crippen molar-refractivity contribution in [3.8, 4) is 0 Å². The van der Waals surface area contributed by atoms with E-state index in [1.54, 1.807) is 0 Å². The molecule has 0 aromatic rings. The lowest BCUT2D eigenvalue weighted by Gasteiger charge is -2.30. The van der Waals surface area contributed by atoms with Crippen LogP contribution in [0.2, 0.25) is 0 Å². The Morgan fingerprint density at radius 3 is 1.06 bits per heavy atom. The Labute approximate surface area is 188 Å². The fourth-order valence-electron chi connectivity index (χ4n) is 1.65. The molecule has 13 heteroatoms. The maximum atomic E-state index is 11.8. The molecule has 0 saturated carbocycles. The van der Waals surface area contributed by atoms with Gasteiger partial charge in [0.1, 0.15) is 19.8 Å². The van der Waals surface area contributed by atoms with Crippen LogP contribution in [0.1, 0.15) is 0 Å². The van der Waals surface area contributed by atoms with Crippen molar-refractivity contribution in [2.24, 2.45) is 5.41 Å². The summed E-state index contributed by atoms with van der Waals surface area (Å²) in [5.74, 6) is -5.73. The summed E-state index contributed by atoms with van der Waals surface area (Å²) in [6, 6.07) is 0. The van der Waals surface area contributed by atoms with Crippen molar-refractivity contribution in [2.45, 2.75) is 0 Å². The van der Waals surface area contributed by atoms with E-state index in [1.807, 2.05) is 0 Å². The standard InChI is InChI=1S/C20H24O13/c1-4-14(22)28-7-17(25)31-11-20(10-21,12-32-18(26)8-29-15(23)5-2)13-33-19(27)9-30-16(24)6-3/h4-6,21H,1-3,7-13H2. The second kappa shape index (κ2) is 15.8. The number of aliphatic hydroxyl groups is 1. The van der Waals surface area contributed by atoms with Gasteiger partial charge in [0.05, 0.1) is 12.0 Å². The smallest absolute Gasteiger partial charge is 0.344 e. The third-order valence-electron chi connectivity index (χ3n) is 3.45. The van der Waals surface area contributed by atoms with Crippen LogP contribution in [0.15, 0.2) is 38.0 Å². The summed E-state index contributed by atoms with van der Waals surface area (Å²) in [5.41, 5.74) is -1.66. The second-order valence-electron chi connectivity index (χ2n) is 6.08. The molecule has 0 saturated heterocycles. The van der Waals surface area contributed by atoms with E-state index in [0.29, 0.717) is 0 Å². The summed E-state index contributed by atoms with van der Waals surface area (Å²) in [4.78, 5) is 68.3. The predicted molar refractivity (Wildman–Crippen MR) is 106 cm³/mol. The van der Waals surface area contributed by atoms with Crippen LogP contribution < -0.4 is 0 Å². The third kappa shape index (κ3) is 13.1. The average Bonchev–Trinajstić information content (AvgIpc) is 2.83. The van der Waals surface area contributed by atoms with Crippen molar-refractivity contribution >= 4 is 35.8 Å². The molecule has 0 aliphatic rings. The molecule has 0 rings (SSSR count). The van der Waals surface area contributed by atoms with Gasteiger partial charge in [0.25, 0.3) is 0 Å². The number of esters is 6. The molecule has 182 valence electrons. The van der Waals surface area contributed by atoms with Crippen molar-refractivity contribution in [3.63, 3.8) is 0 Å². The normalized spacial score (nSPS) is 10.1. The first-order valence-electron chi connectivity index (χ1n) is 9.06. The Hall–Kier alpha value is -4.00. The molecule has 13 nitrogen and oxygen atoms in total. The van der Waals surface area contributed by atoms with Crippen molar-refractivity contribution in [1.82, 2.24) is 0 Å². The van der Waals surface area contributed by atoms with Crippen LogP contribution in [-0.4, -0.2) is 87.2 Å². The van der Waals surface area contributed by atoms with Gasteiger partial charge in [-0.3, -0.25) is 0 Å². The fraction of sp³-hybridized carbons (Fsp3) is 0.400. The van der Waals surface area contributed by atoms with Gasteiger partial charge in [-0.25, -0.2) is 28.8 Å². The molecule has 0 aliphatic carbocycles. The molecule has 0 fully saturated rings. The molecule has 0 aromatic heterocycles. The SMILES string of the molecule is C=CC(=O)OCC(=O)OCC(CO)(COC(=O)COC(=O)C=C)COC(=O)COC(=O)C=C. The molecule has 33 heavy (non-hydrogen) atoms. The van der Waals surface area contributed by atoms with Gasteiger partial charge in [0.2, 0.25) is 0 Å². The van der Waals surface area contributed by atoms with Gasteiger partial charge in [-0.05, 0) is 0 Å². The number of hydrogen-bond acceptors (Lipinski definition) is 13. The number of ether oxygens (including phenoxy) is 6. The molecule has 0 aromatic carbocycles. The highest BCUT2D eigenvalue weighted by Crippen LogP contribution is 2.19. The molecular formula is C20H24O13. The van der Waals surface area contributed by atoms with Crippen molar-refractivity contribution in [2.75, 3.05) is 46.2 Å². The highest BCUT2D eigenvalue weighted by Gasteiger charge is 2.36. The summed E-state index contributed by atoms with van der Waals surface area (Å²) in [7, 11) is 0. The van der Waals surface area contributed by atoms with Gasteiger partial charge in [-0.1, -0.05) is 19.7 Å². The molecular weight excluding hydrogens is 448 g/mol. The topological polar surface area (TPSA) is 178 Å². The zero-order chi connectivity index (χ0) is 25.3. The highest BCUT2D eigenvalue weighted by atomic mass is 16.6. The van der Waals surface area contributed by atoms with Crippen LogP contribution in [0.4, 0.5) is 0 Å². The summed E-state index contributed by atoms with van der Waals surface area (Å²) in [6.45, 7) is 4.37. The largest absolute Gasteiger partial charge is 0.462 e. The van der Waals surface area contributed by atoms with Crippen LogP contribution in [0.25, 0.3) is 0 Å². The predicted octanol–water partition coefficient (Wildman–Crippen LogP) is -1.22. The molecule has 0 bridgehead atoms. The van der Waals surface area contributed by atoms with Crippen LogP contribution in [-0.2, 0) is 57.2 Å². The molecule has 0 spiro atoms. The molecule has 0 heterocycles. The van der Waals surface area contributed by atoms with Crippen LogP contribution in [0.3, 0.4) is 0 Å². The summed E-state index contributed by atoms with van der Waals surface area (Å²) in [5, 5.41) is 9.81. The summed E-state index contributed by atoms with van der Waals surface area (Å²) >= 11 is 0. The molecule has 0 atom stereocenters. The molecule has 0 unspecified atom stereocenters. The van der Waals surface area contributed by atoms with Gasteiger partial charge < -0.3 is 33.5 Å². The lowest BCUT2D eigenvalue weighted by molar-refractivity contribution is -0.174. The third-order valence-corrected chi connectivity index (χ3v) is 3.45. The van der Waals surface area contributed by atoms with Gasteiger partial charge >= 0.3 is 35.8 Å². The Kier molecular flexibility index (Phi) is 13.8. The van der Waals surface area contributed by atoms with Crippen LogP contribution >= 0.6 is 0 Å². The zero-order valence-electron chi connectivity index (χ0n) is 17.6. The van der Waals surface area contributed by atoms with E-state index in [4.69, 9.17) is 14.2 Å². The van der Waals surface area contributed by atoms with Gasteiger partial charge in [0.15, 0.2) is 19.8 Å². The Bertz CT molecular complexity index is 670. The van der Waals surface area contributed by atoms with E-state index >= 15 is 0 Å². The first-order chi connectivity index (χ1) is 15.6. The molecule has 1 N–H and O–H groups in total. The monoisotopic (exact) mass is 472 g/mol. The van der Waals surface area contributed by atoms with Crippen LogP contribution in [0.5, 0.6) is 0 Å². The number of hydrogen-bond donors (Lipinski definition) is 1. The Balaban J connectivity index is 5.08. The van der Waals surface area contributed by atoms with Gasteiger partial charge in [-0.15, -0.1) is 0 Å². The number of aliphatic hydroxyl groups excluding tert-OH is 1. The molecule has 0 radical (unpaired) electrons. The van der Waals surface area contributed by atoms with Gasteiger partial charge in [-0.2, -0.15) is 0 Å². The first-order valence-corrected chi connectivity index (χ1v) is 9.06. The van der Waals surface area contributed by atoms with E-state index in [9.17, 15) is 33.9 Å². The van der Waals surface area contributed by atoms with E-state index in [-0.39, 0.29) is 0 Å². The molecule has 0 amide bonds. The number of carbonyl (C=O) groups excluding carboxylic acids is 6. The maximum Gasteiger partial charge on any atom is 0.344 e.